The highest BCUT2D eigenvalue weighted by Crippen LogP contribution is 2.17. The molecule has 0 aliphatic rings. The Balaban J connectivity index is 2.61. The summed E-state index contributed by atoms with van der Waals surface area (Å²) in [4.78, 5) is 11.9. The predicted octanol–water partition coefficient (Wildman–Crippen LogP) is 2.45. The lowest BCUT2D eigenvalue weighted by Gasteiger charge is -2.20. The minimum Gasteiger partial charge on any atom is -0.484 e. The molecular weight excluding hydrogens is 328 g/mol. The number of carbonyl (C=O) groups excluding carboxylic acids is 1. The van der Waals surface area contributed by atoms with E-state index in [2.05, 4.69) is 17.0 Å². The van der Waals surface area contributed by atoms with Crippen LogP contribution >= 0.6 is 0 Å². The van der Waals surface area contributed by atoms with Crippen LogP contribution in [0.4, 0.5) is 0 Å². The monoisotopic (exact) mass is 356 g/mol. The van der Waals surface area contributed by atoms with Crippen molar-refractivity contribution in [3.8, 4) is 5.75 Å². The van der Waals surface area contributed by atoms with E-state index in [0.29, 0.717) is 5.75 Å². The molecule has 0 saturated carbocycles. The summed E-state index contributed by atoms with van der Waals surface area (Å²) in [7, 11) is -3.57. The molecule has 0 spiro atoms. The Bertz CT molecular complexity index is 634. The maximum absolute atomic E-state index is 12.2. The highest BCUT2D eigenvalue weighted by Gasteiger charge is 2.21. The second-order valence-corrected chi connectivity index (χ2v) is 8.56. The van der Waals surface area contributed by atoms with Gasteiger partial charge in [0.15, 0.2) is 6.61 Å². The maximum atomic E-state index is 12.2. The van der Waals surface area contributed by atoms with Crippen molar-refractivity contribution in [3.63, 3.8) is 0 Å². The first kappa shape index (κ1) is 20.4. The van der Waals surface area contributed by atoms with Gasteiger partial charge in [-0.3, -0.25) is 4.79 Å². The van der Waals surface area contributed by atoms with Crippen LogP contribution in [0.25, 0.3) is 0 Å². The lowest BCUT2D eigenvalue weighted by Crippen LogP contribution is -2.40. The van der Waals surface area contributed by atoms with Gasteiger partial charge >= 0.3 is 0 Å². The van der Waals surface area contributed by atoms with Crippen LogP contribution in [-0.2, 0) is 14.8 Å². The van der Waals surface area contributed by atoms with Crippen molar-refractivity contribution in [3.05, 3.63) is 24.3 Å². The van der Waals surface area contributed by atoms with E-state index in [1.165, 1.54) is 12.1 Å². The maximum Gasteiger partial charge on any atom is 0.258 e. The summed E-state index contributed by atoms with van der Waals surface area (Å²) in [5.74, 6) is 0.255. The van der Waals surface area contributed by atoms with Crippen molar-refractivity contribution >= 4 is 15.9 Å². The summed E-state index contributed by atoms with van der Waals surface area (Å²) in [6.07, 6.45) is 1.92. The first-order valence-corrected chi connectivity index (χ1v) is 9.58. The van der Waals surface area contributed by atoms with E-state index in [1.807, 2.05) is 6.92 Å². The highest BCUT2D eigenvalue weighted by molar-refractivity contribution is 7.89. The first-order chi connectivity index (χ1) is 11.0. The fourth-order valence-electron chi connectivity index (χ4n) is 2.15. The van der Waals surface area contributed by atoms with Gasteiger partial charge in [-0.15, -0.1) is 0 Å². The molecular formula is C17H28N2O4S. The molecule has 0 heterocycles. The summed E-state index contributed by atoms with van der Waals surface area (Å²) in [5.41, 5.74) is -0.554. The molecule has 0 aliphatic carbocycles. The number of rotatable bonds is 8. The Kier molecular flexibility index (Phi) is 7.23. The van der Waals surface area contributed by atoms with E-state index in [1.54, 1.807) is 32.9 Å². The van der Waals surface area contributed by atoms with E-state index in [-0.39, 0.29) is 23.5 Å². The molecule has 7 heteroatoms. The number of sulfonamides is 1. The van der Waals surface area contributed by atoms with Gasteiger partial charge in [-0.05, 0) is 58.4 Å². The number of nitrogens with one attached hydrogen (secondary N) is 2. The molecule has 1 aromatic carbocycles. The quantitative estimate of drug-likeness (QED) is 0.749. The lowest BCUT2D eigenvalue weighted by molar-refractivity contribution is -0.123. The van der Waals surface area contributed by atoms with E-state index >= 15 is 0 Å². The molecule has 1 rings (SSSR count). The summed E-state index contributed by atoms with van der Waals surface area (Å²) >= 11 is 0. The standard InChI is InChI=1S/C17H28N2O4S/c1-6-7-13(2)18-16(20)12-23-14-8-10-15(11-9-14)24(21,22)19-17(3,4)5/h8-11,13,19H,6-7,12H2,1-5H3,(H,18,20)/t13-/m1/s1. The van der Waals surface area contributed by atoms with Crippen LogP contribution < -0.4 is 14.8 Å². The number of amides is 1. The number of hydrogen-bond donors (Lipinski definition) is 2. The third-order valence-corrected chi connectivity index (χ3v) is 4.85. The Morgan fingerprint density at radius 1 is 1.21 bits per heavy atom. The van der Waals surface area contributed by atoms with Gasteiger partial charge in [-0.25, -0.2) is 13.1 Å². The predicted molar refractivity (Wildman–Crippen MR) is 94.5 cm³/mol. The van der Waals surface area contributed by atoms with E-state index in [0.717, 1.165) is 12.8 Å². The van der Waals surface area contributed by atoms with Crippen LogP contribution in [0.1, 0.15) is 47.5 Å². The van der Waals surface area contributed by atoms with Gasteiger partial charge in [0.25, 0.3) is 5.91 Å². The zero-order valence-corrected chi connectivity index (χ0v) is 15.9. The zero-order valence-electron chi connectivity index (χ0n) is 15.0. The zero-order chi connectivity index (χ0) is 18.4. The molecule has 0 aromatic heterocycles. The molecule has 0 bridgehead atoms. The Morgan fingerprint density at radius 2 is 1.79 bits per heavy atom. The van der Waals surface area contributed by atoms with Crippen LogP contribution in [0.2, 0.25) is 0 Å². The van der Waals surface area contributed by atoms with Gasteiger partial charge in [0.1, 0.15) is 5.75 Å². The number of benzene rings is 1. The largest absolute Gasteiger partial charge is 0.484 e. The minimum absolute atomic E-state index is 0.0968. The third kappa shape index (κ3) is 7.31. The van der Waals surface area contributed by atoms with Crippen LogP contribution in [0, 0.1) is 0 Å². The second kappa shape index (κ2) is 8.48. The van der Waals surface area contributed by atoms with Crippen LogP contribution in [0.3, 0.4) is 0 Å². The molecule has 1 atom stereocenters. The van der Waals surface area contributed by atoms with Crippen molar-refractivity contribution in [2.24, 2.45) is 0 Å². The molecule has 1 aromatic rings. The number of hydrogen-bond acceptors (Lipinski definition) is 4. The highest BCUT2D eigenvalue weighted by atomic mass is 32.2. The van der Waals surface area contributed by atoms with Gasteiger partial charge in [0, 0.05) is 11.6 Å². The smallest absolute Gasteiger partial charge is 0.258 e. The number of carbonyl (C=O) groups is 1. The van der Waals surface area contributed by atoms with Gasteiger partial charge in [0.05, 0.1) is 4.90 Å². The van der Waals surface area contributed by atoms with Gasteiger partial charge in [0.2, 0.25) is 10.0 Å². The summed E-state index contributed by atoms with van der Waals surface area (Å²) in [5, 5.41) is 2.84. The third-order valence-electron chi connectivity index (χ3n) is 3.07. The molecule has 6 nitrogen and oxygen atoms in total. The van der Waals surface area contributed by atoms with Gasteiger partial charge in [-0.1, -0.05) is 13.3 Å². The first-order valence-electron chi connectivity index (χ1n) is 8.09. The van der Waals surface area contributed by atoms with E-state index < -0.39 is 15.6 Å². The van der Waals surface area contributed by atoms with Crippen molar-refractivity contribution in [2.45, 2.75) is 63.9 Å². The molecule has 136 valence electrons. The van der Waals surface area contributed by atoms with Crippen molar-refractivity contribution in [1.82, 2.24) is 10.0 Å². The fourth-order valence-corrected chi connectivity index (χ4v) is 3.57. The Hall–Kier alpha value is -1.60. The van der Waals surface area contributed by atoms with Crippen LogP contribution in [0.5, 0.6) is 5.75 Å². The van der Waals surface area contributed by atoms with Crippen molar-refractivity contribution in [2.75, 3.05) is 6.61 Å². The molecule has 0 saturated heterocycles. The minimum atomic E-state index is -3.57. The van der Waals surface area contributed by atoms with Crippen LogP contribution in [0.15, 0.2) is 29.2 Å². The van der Waals surface area contributed by atoms with E-state index in [4.69, 9.17) is 4.74 Å². The molecule has 0 unspecified atom stereocenters. The van der Waals surface area contributed by atoms with E-state index in [9.17, 15) is 13.2 Å². The topological polar surface area (TPSA) is 84.5 Å². The molecule has 0 fully saturated rings. The fraction of sp³-hybridized carbons (Fsp3) is 0.588. The van der Waals surface area contributed by atoms with Gasteiger partial charge in [-0.2, -0.15) is 0 Å². The molecule has 2 N–H and O–H groups in total. The Morgan fingerprint density at radius 3 is 2.29 bits per heavy atom. The average molecular weight is 356 g/mol. The molecule has 1 amide bonds. The Labute approximate surface area is 145 Å². The van der Waals surface area contributed by atoms with Gasteiger partial charge < -0.3 is 10.1 Å². The molecule has 24 heavy (non-hydrogen) atoms. The van der Waals surface area contributed by atoms with Crippen molar-refractivity contribution < 1.29 is 17.9 Å². The molecule has 0 radical (unpaired) electrons. The molecule has 0 aliphatic heterocycles. The summed E-state index contributed by atoms with van der Waals surface area (Å²) in [6, 6.07) is 6.12. The SMILES string of the molecule is CCC[C@@H](C)NC(=O)COc1ccc(S(=O)(=O)NC(C)(C)C)cc1. The number of ether oxygens (including phenoxy) is 1. The summed E-state index contributed by atoms with van der Waals surface area (Å²) in [6.45, 7) is 9.24. The summed E-state index contributed by atoms with van der Waals surface area (Å²) < 4.78 is 32.4. The van der Waals surface area contributed by atoms with Crippen molar-refractivity contribution in [1.29, 1.82) is 0 Å². The second-order valence-electron chi connectivity index (χ2n) is 6.87. The lowest BCUT2D eigenvalue weighted by atomic mass is 10.1. The van der Waals surface area contributed by atoms with Crippen LogP contribution in [-0.4, -0.2) is 32.5 Å². The normalized spacial score (nSPS) is 13.4. The average Bonchev–Trinajstić information content (AvgIpc) is 2.43.